The minimum atomic E-state index is -5.54. The summed E-state index contributed by atoms with van der Waals surface area (Å²) >= 11 is 0.699. The number of anilines is 5. The number of nitro benzene ring substituents is 1. The molecule has 0 aliphatic carbocycles. The number of pyridine rings is 1. The number of carbonyl (C=O) groups is 1. The summed E-state index contributed by atoms with van der Waals surface area (Å²) in [4.78, 5) is 27.7. The molecule has 75 heavy (non-hydrogen) atoms. The van der Waals surface area contributed by atoms with Crippen LogP contribution in [-0.4, -0.2) is 72.7 Å². The smallest absolute Gasteiger partial charge is 0.744 e. The zero-order valence-electron chi connectivity index (χ0n) is 39.5. The van der Waals surface area contributed by atoms with Crippen LogP contribution in [0.2, 0.25) is 0 Å². The van der Waals surface area contributed by atoms with Crippen molar-refractivity contribution in [1.82, 2.24) is 9.97 Å². The van der Waals surface area contributed by atoms with Gasteiger partial charge in [-0.05, 0) is 79.7 Å². The van der Waals surface area contributed by atoms with Gasteiger partial charge in [-0.1, -0.05) is 23.5 Å². The number of thiazole rings is 1. The molecule has 35 heteroatoms. The van der Waals surface area contributed by atoms with Crippen molar-refractivity contribution < 1.29 is 138 Å². The van der Waals surface area contributed by atoms with Crippen molar-refractivity contribution in [2.45, 2.75) is 33.4 Å². The van der Waals surface area contributed by atoms with Crippen molar-refractivity contribution in [3.8, 4) is 17.3 Å². The van der Waals surface area contributed by atoms with Crippen molar-refractivity contribution in [2.24, 2.45) is 20.5 Å². The number of nitrogens with one attached hydrogen (secondary N) is 3. The van der Waals surface area contributed by atoms with E-state index in [0.717, 1.165) is 30.3 Å². The van der Waals surface area contributed by atoms with Crippen LogP contribution in [0.5, 0.6) is 0 Å². The third-order valence-corrected chi connectivity index (χ3v) is 13.9. The molecule has 0 saturated carbocycles. The first-order valence-electron chi connectivity index (χ1n) is 19.2. The second-order valence-electron chi connectivity index (χ2n) is 14.4. The molecule has 2 aromatic heterocycles. The minimum absolute atomic E-state index is 0. The normalized spacial score (nSPS) is 11.6. The molecular weight excluding hydrogens is 1060 g/mol. The summed E-state index contributed by atoms with van der Waals surface area (Å²) < 4.78 is 144. The van der Waals surface area contributed by atoms with Crippen molar-refractivity contribution in [3.63, 3.8) is 0 Å². The van der Waals surface area contributed by atoms with E-state index in [4.69, 9.17) is 0 Å². The van der Waals surface area contributed by atoms with Gasteiger partial charge in [-0.2, -0.15) is 5.26 Å². The standard InChI is InChI=1S/C40H29N11O15S5.4Li.H2/c1-20-32(19-41)37(43-24-7-11-28(12-8-24)68(55,56)57)46-38(44-25-9-13-29(14-10-25)69(58,59)60)35(20)48-50-40-45-36(22-3-5-23(6-4-22)42-21(2)52)39(67-40)49-47-26-15-30-31(33(16-26)70(61,62)63)17-27(51(53)54)18-34(30)71(64,65)66;;;;;/h3-18H,1-2H3,(H,42,52)(H2,43,44,46)(H,55,56,57)(H,58,59,60)(H,61,62,63)(H,64,65,66);;;;;1H/q;4*+1;/p-4. The van der Waals surface area contributed by atoms with Crippen LogP contribution in [0.1, 0.15) is 19.5 Å². The second kappa shape index (κ2) is 25.0. The molecule has 0 fully saturated rings. The van der Waals surface area contributed by atoms with Crippen molar-refractivity contribution in [2.75, 3.05) is 16.0 Å². The van der Waals surface area contributed by atoms with Crippen LogP contribution in [-0.2, 0) is 45.3 Å². The van der Waals surface area contributed by atoms with Gasteiger partial charge >= 0.3 is 75.4 Å². The molecule has 0 saturated heterocycles. The quantitative estimate of drug-likeness (QED) is 0.0287. The molecule has 0 aliphatic heterocycles. The summed E-state index contributed by atoms with van der Waals surface area (Å²) in [6, 6.07) is 19.5. The van der Waals surface area contributed by atoms with Gasteiger partial charge in [0.2, 0.25) is 11.0 Å². The number of amides is 1. The van der Waals surface area contributed by atoms with Crippen molar-refractivity contribution in [1.29, 1.82) is 5.26 Å². The van der Waals surface area contributed by atoms with Gasteiger partial charge in [0.25, 0.3) is 5.69 Å². The Bertz CT molecular complexity index is 3950. The average Bonchev–Trinajstić information content (AvgIpc) is 3.69. The monoisotopic (exact) mass is 1090 g/mol. The molecule has 5 aromatic carbocycles. The fraction of sp³-hybridized carbons (Fsp3) is 0.0500. The maximum absolute atomic E-state index is 12.4. The van der Waals surface area contributed by atoms with E-state index in [1.807, 2.05) is 6.07 Å². The molecule has 7 rings (SSSR count). The molecule has 2 heterocycles. The second-order valence-corrected chi connectivity index (χ2v) is 20.8. The Morgan fingerprint density at radius 2 is 1.15 bits per heavy atom. The van der Waals surface area contributed by atoms with Crippen LogP contribution in [0.15, 0.2) is 137 Å². The summed E-state index contributed by atoms with van der Waals surface area (Å²) in [6.45, 7) is 2.73. The zero-order chi connectivity index (χ0) is 51.8. The average molecular weight is 1090 g/mol. The van der Waals surface area contributed by atoms with Crippen molar-refractivity contribution >= 4 is 124 Å². The Kier molecular flexibility index (Phi) is 21.2. The summed E-state index contributed by atoms with van der Waals surface area (Å²) in [5, 5.41) is 45.3. The molecule has 0 unspecified atom stereocenters. The summed E-state index contributed by atoms with van der Waals surface area (Å²) in [7, 11) is -20.7. The van der Waals surface area contributed by atoms with Gasteiger partial charge in [0.1, 0.15) is 57.9 Å². The number of fused-ring (bicyclic) bond motifs is 1. The van der Waals surface area contributed by atoms with E-state index in [2.05, 4.69) is 46.4 Å². The Hall–Kier alpha value is -5.67. The summed E-state index contributed by atoms with van der Waals surface area (Å²) in [5.41, 5.74) is -0.605. The number of hydrogen-bond donors (Lipinski definition) is 3. The van der Waals surface area contributed by atoms with Gasteiger partial charge in [0, 0.05) is 59.4 Å². The van der Waals surface area contributed by atoms with E-state index in [9.17, 15) is 72.1 Å². The number of benzene rings is 5. The van der Waals surface area contributed by atoms with Crippen LogP contribution in [0.3, 0.4) is 0 Å². The summed E-state index contributed by atoms with van der Waals surface area (Å²) in [6.07, 6.45) is 0. The molecule has 7 aromatic rings. The summed E-state index contributed by atoms with van der Waals surface area (Å²) in [5.74, 6) is -0.646. The number of azo groups is 2. The molecule has 26 nitrogen and oxygen atoms in total. The topological polar surface area (TPSA) is 424 Å². The number of nitrogens with zero attached hydrogens (tertiary/aromatic N) is 8. The van der Waals surface area contributed by atoms with E-state index in [-0.39, 0.29) is 138 Å². The fourth-order valence-corrected chi connectivity index (χ4v) is 9.55. The van der Waals surface area contributed by atoms with E-state index in [1.165, 1.54) is 62.4 Å². The van der Waals surface area contributed by atoms with E-state index in [1.54, 1.807) is 0 Å². The molecule has 0 radical (unpaired) electrons. The largest absolute Gasteiger partial charge is 1.00 e. The van der Waals surface area contributed by atoms with E-state index >= 15 is 0 Å². The van der Waals surface area contributed by atoms with Crippen LogP contribution in [0, 0.1) is 28.4 Å². The van der Waals surface area contributed by atoms with Gasteiger partial charge < -0.3 is 34.2 Å². The molecule has 0 aliphatic rings. The van der Waals surface area contributed by atoms with Gasteiger partial charge in [-0.15, -0.1) is 20.5 Å². The molecule has 0 bridgehead atoms. The van der Waals surface area contributed by atoms with Gasteiger partial charge in [0.15, 0.2) is 16.6 Å². The number of non-ortho nitro benzene ring substituents is 1. The molecule has 0 atom stereocenters. The van der Waals surface area contributed by atoms with Crippen LogP contribution < -0.4 is 91.4 Å². The van der Waals surface area contributed by atoms with Gasteiger partial charge in [0.05, 0.1) is 35.8 Å². The molecule has 0 spiro atoms. The fourth-order valence-electron chi connectivity index (χ4n) is 6.47. The van der Waals surface area contributed by atoms with E-state index < -0.39 is 87.1 Å². The molecule has 366 valence electrons. The van der Waals surface area contributed by atoms with Gasteiger partial charge in [-0.3, -0.25) is 14.9 Å². The maximum Gasteiger partial charge on any atom is 1.00 e. The van der Waals surface area contributed by atoms with E-state index in [0.29, 0.717) is 40.8 Å². The van der Waals surface area contributed by atoms with Crippen LogP contribution in [0.4, 0.5) is 55.9 Å². The number of nitriles is 1. The zero-order valence-corrected chi connectivity index (χ0v) is 43.6. The first-order chi connectivity index (χ1) is 33.2. The Morgan fingerprint density at radius 3 is 1.63 bits per heavy atom. The molecule has 3 N–H and O–H groups in total. The third-order valence-electron chi connectivity index (χ3n) is 9.62. The Morgan fingerprint density at radius 1 is 0.653 bits per heavy atom. The van der Waals surface area contributed by atoms with Crippen LogP contribution in [0.25, 0.3) is 22.0 Å². The van der Waals surface area contributed by atoms with Gasteiger partial charge in [-0.25, -0.2) is 43.6 Å². The van der Waals surface area contributed by atoms with Crippen molar-refractivity contribution in [3.05, 3.63) is 118 Å². The maximum atomic E-state index is 12.4. The number of aromatic nitrogens is 2. The number of carbonyl (C=O) groups excluding carboxylic acids is 1. The minimum Gasteiger partial charge on any atom is -0.744 e. The first kappa shape index (κ1) is 63.6. The predicted octanol–water partition coefficient (Wildman–Crippen LogP) is -4.40. The number of hydrogen-bond acceptors (Lipinski definition) is 25. The number of rotatable bonds is 15. The first-order valence-corrected chi connectivity index (χ1v) is 25.7. The molecular formula is C40H27Li4N11O15S5. The SMILES string of the molecule is CC(=O)Nc1ccc(-c2nc(N=Nc3c(Nc4ccc(S(=O)(=O)[O-])cc4)nc(Nc4ccc(S(=O)(=O)[O-])cc4)c(C#N)c3C)sc2N=Nc2cc(S(=O)(=O)[O-])c3cc([N+](=O)[O-])cc(S(=O)(=O)[O-])c3c2)cc1.[HH].[Li+].[Li+].[Li+].[Li+]. The van der Waals surface area contributed by atoms with Crippen LogP contribution >= 0.6 is 11.3 Å². The Labute approximate surface area is 479 Å². The molecule has 1 amide bonds. The Balaban J connectivity index is 0.00000395. The predicted molar refractivity (Wildman–Crippen MR) is 248 cm³/mol. The number of nitro groups is 1. The third kappa shape index (κ3) is 15.3.